The van der Waals surface area contributed by atoms with Crippen molar-refractivity contribution in [2.24, 2.45) is 0 Å². The van der Waals surface area contributed by atoms with Crippen molar-refractivity contribution >= 4 is 35.0 Å². The van der Waals surface area contributed by atoms with E-state index in [1.54, 1.807) is 43.0 Å². The molecule has 0 aromatic heterocycles. The van der Waals surface area contributed by atoms with Crippen LogP contribution in [0.3, 0.4) is 0 Å². The van der Waals surface area contributed by atoms with E-state index in [1.807, 2.05) is 30.5 Å². The predicted octanol–water partition coefficient (Wildman–Crippen LogP) is 4.47. The van der Waals surface area contributed by atoms with Gasteiger partial charge < -0.3 is 10.1 Å². The lowest BCUT2D eigenvalue weighted by atomic mass is 10.3. The topological polar surface area (TPSA) is 38.3 Å². The molecule has 1 atom stereocenters. The summed E-state index contributed by atoms with van der Waals surface area (Å²) in [5.74, 6) is 0.372. The minimum atomic E-state index is -0.610. The fourth-order valence-corrected chi connectivity index (χ4v) is 2.38. The standard InChI is InChI=1S/C16H16ClNO2S/c1-11(20-14-7-3-5-12(17)9-14)16(19)18-13-6-4-8-15(10-13)21-2/h3-11H,1-2H3,(H,18,19)/t11-/m0/s1. The fraction of sp³-hybridized carbons (Fsp3) is 0.188. The number of halogens is 1. The van der Waals surface area contributed by atoms with Gasteiger partial charge in [0.1, 0.15) is 5.75 Å². The van der Waals surface area contributed by atoms with Gasteiger partial charge in [0, 0.05) is 15.6 Å². The van der Waals surface area contributed by atoms with E-state index in [-0.39, 0.29) is 5.91 Å². The van der Waals surface area contributed by atoms with Gasteiger partial charge >= 0.3 is 0 Å². The van der Waals surface area contributed by atoms with Crippen LogP contribution in [0.15, 0.2) is 53.4 Å². The first-order chi connectivity index (χ1) is 10.1. The number of hydrogen-bond acceptors (Lipinski definition) is 3. The molecule has 0 radical (unpaired) electrons. The van der Waals surface area contributed by atoms with Crippen LogP contribution >= 0.6 is 23.4 Å². The lowest BCUT2D eigenvalue weighted by molar-refractivity contribution is -0.122. The van der Waals surface area contributed by atoms with Gasteiger partial charge in [-0.3, -0.25) is 4.79 Å². The molecular weight excluding hydrogens is 306 g/mol. The maximum absolute atomic E-state index is 12.1. The number of carbonyl (C=O) groups excluding carboxylic acids is 1. The number of nitrogens with one attached hydrogen (secondary N) is 1. The molecule has 0 saturated carbocycles. The first-order valence-corrected chi connectivity index (χ1v) is 8.06. The lowest BCUT2D eigenvalue weighted by Crippen LogP contribution is -2.30. The van der Waals surface area contributed by atoms with Crippen molar-refractivity contribution < 1.29 is 9.53 Å². The number of anilines is 1. The maximum Gasteiger partial charge on any atom is 0.265 e. The van der Waals surface area contributed by atoms with Crippen molar-refractivity contribution in [1.29, 1.82) is 0 Å². The number of ether oxygens (including phenoxy) is 1. The van der Waals surface area contributed by atoms with Gasteiger partial charge in [0.15, 0.2) is 6.10 Å². The summed E-state index contributed by atoms with van der Waals surface area (Å²) >= 11 is 7.51. The monoisotopic (exact) mass is 321 g/mol. The van der Waals surface area contributed by atoms with Crippen molar-refractivity contribution in [1.82, 2.24) is 0 Å². The third-order valence-corrected chi connectivity index (χ3v) is 3.78. The average molecular weight is 322 g/mol. The Bertz CT molecular complexity index is 633. The molecule has 0 unspecified atom stereocenters. The molecule has 0 heterocycles. The Morgan fingerprint density at radius 2 is 2.00 bits per heavy atom. The molecule has 21 heavy (non-hydrogen) atoms. The number of benzene rings is 2. The second-order valence-electron chi connectivity index (χ2n) is 4.44. The minimum absolute atomic E-state index is 0.201. The summed E-state index contributed by atoms with van der Waals surface area (Å²) in [5, 5.41) is 3.42. The number of rotatable bonds is 5. The summed E-state index contributed by atoms with van der Waals surface area (Å²) in [6.45, 7) is 1.70. The van der Waals surface area contributed by atoms with Crippen molar-refractivity contribution in [3.05, 3.63) is 53.6 Å². The molecule has 0 aliphatic rings. The van der Waals surface area contributed by atoms with E-state index in [0.29, 0.717) is 10.8 Å². The second-order valence-corrected chi connectivity index (χ2v) is 5.75. The van der Waals surface area contributed by atoms with Gasteiger partial charge in [0.25, 0.3) is 5.91 Å². The van der Waals surface area contributed by atoms with Crippen LogP contribution in [-0.2, 0) is 4.79 Å². The van der Waals surface area contributed by atoms with Crippen LogP contribution < -0.4 is 10.1 Å². The van der Waals surface area contributed by atoms with Gasteiger partial charge in [0.2, 0.25) is 0 Å². The Kier molecular flexibility index (Phi) is 5.53. The van der Waals surface area contributed by atoms with E-state index >= 15 is 0 Å². The third-order valence-electron chi connectivity index (χ3n) is 2.82. The first kappa shape index (κ1) is 15.7. The van der Waals surface area contributed by atoms with Crippen molar-refractivity contribution in [3.8, 4) is 5.75 Å². The Morgan fingerprint density at radius 1 is 1.24 bits per heavy atom. The molecule has 0 fully saturated rings. The van der Waals surface area contributed by atoms with Crippen molar-refractivity contribution in [3.63, 3.8) is 0 Å². The Hall–Kier alpha value is -1.65. The summed E-state index contributed by atoms with van der Waals surface area (Å²) in [5.41, 5.74) is 0.758. The van der Waals surface area contributed by atoms with Crippen LogP contribution in [0.25, 0.3) is 0 Å². The highest BCUT2D eigenvalue weighted by molar-refractivity contribution is 7.98. The third kappa shape index (κ3) is 4.69. The van der Waals surface area contributed by atoms with Gasteiger partial charge in [-0.1, -0.05) is 23.7 Å². The number of carbonyl (C=O) groups is 1. The zero-order valence-electron chi connectivity index (χ0n) is 11.8. The molecule has 0 aliphatic heterocycles. The largest absolute Gasteiger partial charge is 0.481 e. The molecule has 110 valence electrons. The highest BCUT2D eigenvalue weighted by Crippen LogP contribution is 2.21. The zero-order valence-corrected chi connectivity index (χ0v) is 13.4. The molecule has 2 aromatic rings. The van der Waals surface area contributed by atoms with Gasteiger partial charge in [-0.15, -0.1) is 11.8 Å². The Morgan fingerprint density at radius 3 is 2.71 bits per heavy atom. The molecule has 0 saturated heterocycles. The van der Waals surface area contributed by atoms with Gasteiger partial charge in [-0.05, 0) is 49.6 Å². The van der Waals surface area contributed by atoms with E-state index in [9.17, 15) is 4.79 Å². The van der Waals surface area contributed by atoms with Crippen molar-refractivity contribution in [2.45, 2.75) is 17.9 Å². The highest BCUT2D eigenvalue weighted by Gasteiger charge is 2.15. The molecule has 1 amide bonds. The Labute approximate surface area is 133 Å². The molecule has 2 rings (SSSR count). The van der Waals surface area contributed by atoms with Gasteiger partial charge in [-0.25, -0.2) is 0 Å². The Balaban J connectivity index is 1.99. The molecule has 5 heteroatoms. The smallest absolute Gasteiger partial charge is 0.265 e. The lowest BCUT2D eigenvalue weighted by Gasteiger charge is -2.15. The zero-order chi connectivity index (χ0) is 15.2. The molecule has 2 aromatic carbocycles. The highest BCUT2D eigenvalue weighted by atomic mass is 35.5. The van der Waals surface area contributed by atoms with Crippen LogP contribution in [0, 0.1) is 0 Å². The number of amides is 1. The average Bonchev–Trinajstić information content (AvgIpc) is 2.47. The fourth-order valence-electron chi connectivity index (χ4n) is 1.74. The van der Waals surface area contributed by atoms with Crippen LogP contribution in [0.2, 0.25) is 5.02 Å². The number of thioether (sulfide) groups is 1. The van der Waals surface area contributed by atoms with Gasteiger partial charge in [0.05, 0.1) is 0 Å². The summed E-state index contributed by atoms with van der Waals surface area (Å²) in [6.07, 6.45) is 1.38. The normalized spacial score (nSPS) is 11.8. The number of hydrogen-bond donors (Lipinski definition) is 1. The minimum Gasteiger partial charge on any atom is -0.481 e. The summed E-state index contributed by atoms with van der Waals surface area (Å²) < 4.78 is 5.58. The molecule has 3 nitrogen and oxygen atoms in total. The van der Waals surface area contributed by atoms with E-state index < -0.39 is 6.10 Å². The van der Waals surface area contributed by atoms with E-state index in [1.165, 1.54) is 0 Å². The van der Waals surface area contributed by atoms with E-state index in [0.717, 1.165) is 10.6 Å². The molecule has 0 spiro atoms. The molecular formula is C16H16ClNO2S. The maximum atomic E-state index is 12.1. The quantitative estimate of drug-likeness (QED) is 0.826. The van der Waals surface area contributed by atoms with E-state index in [2.05, 4.69) is 5.32 Å². The van der Waals surface area contributed by atoms with Crippen LogP contribution in [0.1, 0.15) is 6.92 Å². The van der Waals surface area contributed by atoms with Crippen molar-refractivity contribution in [2.75, 3.05) is 11.6 Å². The molecule has 1 N–H and O–H groups in total. The summed E-state index contributed by atoms with van der Waals surface area (Å²) in [4.78, 5) is 13.2. The van der Waals surface area contributed by atoms with Crippen LogP contribution in [0.5, 0.6) is 5.75 Å². The van der Waals surface area contributed by atoms with Crippen LogP contribution in [0.4, 0.5) is 5.69 Å². The second kappa shape index (κ2) is 7.38. The SMILES string of the molecule is CSc1cccc(NC(=O)[C@H](C)Oc2cccc(Cl)c2)c1. The predicted molar refractivity (Wildman–Crippen MR) is 88.4 cm³/mol. The molecule has 0 bridgehead atoms. The summed E-state index contributed by atoms with van der Waals surface area (Å²) in [6, 6.07) is 14.7. The summed E-state index contributed by atoms with van der Waals surface area (Å²) in [7, 11) is 0. The molecule has 0 aliphatic carbocycles. The van der Waals surface area contributed by atoms with Crippen LogP contribution in [-0.4, -0.2) is 18.3 Å². The van der Waals surface area contributed by atoms with E-state index in [4.69, 9.17) is 16.3 Å². The first-order valence-electron chi connectivity index (χ1n) is 6.45. The van der Waals surface area contributed by atoms with Gasteiger partial charge in [-0.2, -0.15) is 0 Å².